The largest absolute Gasteiger partial charge is 0.494 e. The highest BCUT2D eigenvalue weighted by Gasteiger charge is 2.30. The highest BCUT2D eigenvalue weighted by atomic mass is 19.1. The number of hydrogen-bond donors (Lipinski definition) is 2. The van der Waals surface area contributed by atoms with Gasteiger partial charge in [0.15, 0.2) is 11.6 Å². The zero-order valence-corrected chi connectivity index (χ0v) is 23.1. The van der Waals surface area contributed by atoms with Gasteiger partial charge in [-0.3, -0.25) is 9.63 Å². The summed E-state index contributed by atoms with van der Waals surface area (Å²) in [6.45, 7) is 6.05. The van der Waals surface area contributed by atoms with E-state index in [9.17, 15) is 13.6 Å². The molecule has 1 aromatic heterocycles. The molecule has 0 radical (unpaired) electrons. The number of rotatable bonds is 10. The Balaban J connectivity index is 1.36. The summed E-state index contributed by atoms with van der Waals surface area (Å²) < 4.78 is 39.5. The summed E-state index contributed by atoms with van der Waals surface area (Å²) in [5, 5.41) is 7.25. The van der Waals surface area contributed by atoms with E-state index in [0.717, 1.165) is 28.8 Å². The molecule has 0 saturated carbocycles. The molecule has 1 saturated heterocycles. The number of amides is 1. The molecule has 9 nitrogen and oxygen atoms in total. The van der Waals surface area contributed by atoms with Crippen LogP contribution in [-0.2, 0) is 16.2 Å². The Kier molecular flexibility index (Phi) is 8.58. The first kappa shape index (κ1) is 28.5. The number of carbonyl (C=O) groups excluding carboxylic acids is 1. The van der Waals surface area contributed by atoms with Crippen LogP contribution >= 0.6 is 0 Å². The zero-order chi connectivity index (χ0) is 29.6. The molecule has 4 aromatic rings. The summed E-state index contributed by atoms with van der Waals surface area (Å²) in [6.07, 6.45) is 3.14. The average Bonchev–Trinajstić information content (AvgIpc) is 3.48. The first-order valence-electron chi connectivity index (χ1n) is 13.1. The summed E-state index contributed by atoms with van der Waals surface area (Å²) in [6, 6.07) is 16.4. The van der Waals surface area contributed by atoms with E-state index in [2.05, 4.69) is 27.2 Å². The van der Waals surface area contributed by atoms with Crippen LogP contribution in [0.3, 0.4) is 0 Å². The second kappa shape index (κ2) is 12.6. The maximum absolute atomic E-state index is 14.5. The smallest absolute Gasteiger partial charge is 0.247 e. The second-order valence-electron chi connectivity index (χ2n) is 9.52. The number of nitrogens with one attached hydrogen (secondary N) is 2. The van der Waals surface area contributed by atoms with Crippen LogP contribution in [0.15, 0.2) is 79.6 Å². The van der Waals surface area contributed by atoms with Crippen molar-refractivity contribution in [3.8, 4) is 11.5 Å². The van der Waals surface area contributed by atoms with Crippen molar-refractivity contribution in [2.24, 2.45) is 0 Å². The molecule has 0 bridgehead atoms. The Hall–Kier alpha value is -5.03. The highest BCUT2D eigenvalue weighted by Crippen LogP contribution is 2.38. The highest BCUT2D eigenvalue weighted by molar-refractivity contribution is 5.99. The number of benzene rings is 3. The van der Waals surface area contributed by atoms with Gasteiger partial charge in [-0.25, -0.2) is 23.8 Å². The summed E-state index contributed by atoms with van der Waals surface area (Å²) in [5.41, 5.74) is 2.98. The molecule has 2 heterocycles. The van der Waals surface area contributed by atoms with Crippen molar-refractivity contribution >= 4 is 28.9 Å². The predicted octanol–water partition coefficient (Wildman–Crippen LogP) is 6.40. The first-order valence-corrected chi connectivity index (χ1v) is 13.1. The average molecular weight is 574 g/mol. The Morgan fingerprint density at radius 3 is 2.76 bits per heavy atom. The third-order valence-electron chi connectivity index (χ3n) is 6.66. The lowest BCUT2D eigenvalue weighted by Gasteiger charge is -2.25. The minimum Gasteiger partial charge on any atom is -0.494 e. The van der Waals surface area contributed by atoms with E-state index in [4.69, 9.17) is 14.3 Å². The molecule has 42 heavy (non-hydrogen) atoms. The van der Waals surface area contributed by atoms with Crippen LogP contribution in [-0.4, -0.2) is 29.6 Å². The Morgan fingerprint density at radius 1 is 1.12 bits per heavy atom. The predicted molar refractivity (Wildman–Crippen MR) is 155 cm³/mol. The van der Waals surface area contributed by atoms with Crippen LogP contribution in [0, 0.1) is 18.6 Å². The van der Waals surface area contributed by atoms with Crippen molar-refractivity contribution in [3.63, 3.8) is 0 Å². The molecule has 11 heteroatoms. The number of halogens is 2. The lowest BCUT2D eigenvalue weighted by molar-refractivity contribution is -0.111. The molecular formula is C31H29F2N5O4. The molecule has 0 aliphatic carbocycles. The van der Waals surface area contributed by atoms with Crippen molar-refractivity contribution in [1.29, 1.82) is 0 Å². The number of anilines is 4. The van der Waals surface area contributed by atoms with E-state index >= 15 is 0 Å². The topological polar surface area (TPSA) is 97.8 Å². The van der Waals surface area contributed by atoms with Crippen LogP contribution < -0.4 is 25.2 Å². The Bertz CT molecular complexity index is 1620. The van der Waals surface area contributed by atoms with Crippen molar-refractivity contribution in [2.75, 3.05) is 29.4 Å². The molecule has 1 fully saturated rings. The molecule has 0 spiro atoms. The number of ether oxygens (including phenoxy) is 2. The van der Waals surface area contributed by atoms with Gasteiger partial charge in [0.05, 0.1) is 31.1 Å². The minimum atomic E-state index is -0.665. The van der Waals surface area contributed by atoms with Crippen LogP contribution in [0.4, 0.5) is 31.8 Å². The Labute approximate surface area is 241 Å². The number of aromatic nitrogens is 2. The van der Waals surface area contributed by atoms with Crippen LogP contribution in [0.2, 0.25) is 0 Å². The van der Waals surface area contributed by atoms with Crippen molar-refractivity contribution in [2.45, 2.75) is 26.0 Å². The fraction of sp³-hybridized carbons (Fsp3) is 0.194. The van der Waals surface area contributed by atoms with E-state index in [-0.39, 0.29) is 29.9 Å². The SMILES string of the molecule is C=CC(=O)Nc1cc(Nc2cc(N3OCC[C@@H]3c3ccc(C)c(OCc4cccc(F)c4)c3)ncn2)c(OC)cc1F. The van der Waals surface area contributed by atoms with E-state index < -0.39 is 11.7 Å². The van der Waals surface area contributed by atoms with Crippen LogP contribution in [0.1, 0.15) is 29.2 Å². The normalized spacial score (nSPS) is 14.4. The standard InChI is InChI=1S/C31H29F2N5O4/c1-4-31(39)37-24-15-25(28(40-3)14-23(24)33)36-29-16-30(35-18-34-29)38-26(10-11-42-38)21-9-8-19(2)27(13-21)41-17-20-6-5-7-22(32)12-20/h4-9,12-16,18,26H,1,10-11,17H2,2-3H3,(H,37,39)(H,34,35,36)/t26-/m1/s1. The van der Waals surface area contributed by atoms with E-state index in [1.165, 1.54) is 31.6 Å². The molecule has 216 valence electrons. The number of hydrogen-bond acceptors (Lipinski definition) is 8. The molecule has 1 atom stereocenters. The molecule has 1 aliphatic heterocycles. The van der Waals surface area contributed by atoms with E-state index in [1.807, 2.05) is 31.2 Å². The summed E-state index contributed by atoms with van der Waals surface area (Å²) in [5.74, 6) is 0.271. The lowest BCUT2D eigenvalue weighted by atomic mass is 10.0. The third-order valence-corrected chi connectivity index (χ3v) is 6.66. The van der Waals surface area contributed by atoms with Gasteiger partial charge in [-0.2, -0.15) is 0 Å². The van der Waals surface area contributed by atoms with Gasteiger partial charge in [-0.05, 0) is 54.0 Å². The molecule has 5 rings (SSSR count). The zero-order valence-electron chi connectivity index (χ0n) is 23.1. The van der Waals surface area contributed by atoms with E-state index in [0.29, 0.717) is 36.1 Å². The van der Waals surface area contributed by atoms with Gasteiger partial charge in [0, 0.05) is 18.6 Å². The van der Waals surface area contributed by atoms with Crippen molar-refractivity contribution in [3.05, 3.63) is 108 Å². The number of methoxy groups -OCH3 is 1. The lowest BCUT2D eigenvalue weighted by Crippen LogP contribution is -2.22. The quantitative estimate of drug-likeness (QED) is 0.210. The van der Waals surface area contributed by atoms with Gasteiger partial charge in [0.1, 0.15) is 36.1 Å². The van der Waals surface area contributed by atoms with Crippen molar-refractivity contribution in [1.82, 2.24) is 9.97 Å². The summed E-state index contributed by atoms with van der Waals surface area (Å²) in [7, 11) is 1.41. The van der Waals surface area contributed by atoms with Gasteiger partial charge in [-0.1, -0.05) is 30.8 Å². The molecule has 1 aliphatic rings. The van der Waals surface area contributed by atoms with E-state index in [1.54, 1.807) is 17.2 Å². The van der Waals surface area contributed by atoms with Gasteiger partial charge in [0.25, 0.3) is 0 Å². The molecular weight excluding hydrogens is 544 g/mol. The van der Waals surface area contributed by atoms with Crippen LogP contribution in [0.5, 0.6) is 11.5 Å². The molecule has 2 N–H and O–H groups in total. The first-order chi connectivity index (χ1) is 20.3. The van der Waals surface area contributed by atoms with Crippen LogP contribution in [0.25, 0.3) is 0 Å². The van der Waals surface area contributed by atoms with Crippen molar-refractivity contribution < 1.29 is 27.9 Å². The fourth-order valence-corrected chi connectivity index (χ4v) is 4.54. The van der Waals surface area contributed by atoms with Gasteiger partial charge >= 0.3 is 0 Å². The molecule has 3 aromatic carbocycles. The number of nitrogens with zero attached hydrogens (tertiary/aromatic N) is 3. The molecule has 1 amide bonds. The number of hydroxylamine groups is 1. The monoisotopic (exact) mass is 573 g/mol. The second-order valence-corrected chi connectivity index (χ2v) is 9.52. The number of aryl methyl sites for hydroxylation is 1. The Morgan fingerprint density at radius 2 is 1.98 bits per heavy atom. The fourth-order valence-electron chi connectivity index (χ4n) is 4.54. The van der Waals surface area contributed by atoms with Gasteiger partial charge in [0.2, 0.25) is 5.91 Å². The summed E-state index contributed by atoms with van der Waals surface area (Å²) in [4.78, 5) is 26.4. The van der Waals surface area contributed by atoms with Gasteiger partial charge < -0.3 is 20.1 Å². The summed E-state index contributed by atoms with van der Waals surface area (Å²) >= 11 is 0. The maximum atomic E-state index is 14.5. The maximum Gasteiger partial charge on any atom is 0.247 e. The van der Waals surface area contributed by atoms with Gasteiger partial charge in [-0.15, -0.1) is 0 Å². The molecule has 0 unspecified atom stereocenters. The third kappa shape index (κ3) is 6.47. The number of carbonyl (C=O) groups is 1. The minimum absolute atomic E-state index is 0.0461.